The molecular weight excluding hydrogens is 156 g/mol. The van der Waals surface area contributed by atoms with Crippen LogP contribution in [0.1, 0.15) is 6.42 Å². The second-order valence-corrected chi connectivity index (χ2v) is 3.44. The first-order chi connectivity index (χ1) is 5.83. The summed E-state index contributed by atoms with van der Waals surface area (Å²) in [5, 5.41) is 0. The highest BCUT2D eigenvalue weighted by Crippen LogP contribution is 2.52. The average molecular weight is 166 g/mol. The van der Waals surface area contributed by atoms with Crippen LogP contribution in [0.4, 0.5) is 0 Å². The van der Waals surface area contributed by atoms with Gasteiger partial charge in [0, 0.05) is 6.42 Å². The van der Waals surface area contributed by atoms with Crippen molar-refractivity contribution in [2.24, 2.45) is 17.8 Å². The number of ketones is 1. The van der Waals surface area contributed by atoms with Gasteiger partial charge in [0.15, 0.2) is 0 Å². The van der Waals surface area contributed by atoms with Gasteiger partial charge in [0.1, 0.15) is 0 Å². The fourth-order valence-corrected chi connectivity index (χ4v) is 2.01. The van der Waals surface area contributed by atoms with Crippen LogP contribution < -0.4 is 0 Å². The molecule has 0 spiro atoms. The first kappa shape index (κ1) is 7.65. The van der Waals surface area contributed by atoms with Gasteiger partial charge in [-0.1, -0.05) is 0 Å². The zero-order chi connectivity index (χ0) is 8.55. The second-order valence-electron chi connectivity index (χ2n) is 3.44. The summed E-state index contributed by atoms with van der Waals surface area (Å²) in [6.07, 6.45) is 1.50. The third kappa shape index (κ3) is 1.19. The Kier molecular flexibility index (Phi) is 1.79. The number of rotatable bonds is 3. The molecule has 2 rings (SSSR count). The largest absolute Gasteiger partial charge is 0.381 e. The van der Waals surface area contributed by atoms with E-state index in [1.807, 2.05) is 0 Å². The minimum absolute atomic E-state index is 0.0862. The van der Waals surface area contributed by atoms with Gasteiger partial charge in [-0.05, 0) is 17.8 Å². The zero-order valence-corrected chi connectivity index (χ0v) is 6.64. The fourth-order valence-electron chi connectivity index (χ4n) is 2.01. The van der Waals surface area contributed by atoms with E-state index in [1.54, 1.807) is 0 Å². The number of nitrogens with zero attached hydrogens (tertiary/aromatic N) is 2. The van der Waals surface area contributed by atoms with Crippen LogP contribution in [-0.4, -0.2) is 30.0 Å². The van der Waals surface area contributed by atoms with Gasteiger partial charge >= 0.3 is 6.21 Å². The molecule has 64 valence electrons. The lowest BCUT2D eigenvalue weighted by atomic mass is 10.1. The summed E-state index contributed by atoms with van der Waals surface area (Å²) in [6, 6.07) is 0. The zero-order valence-electron chi connectivity index (χ0n) is 6.64. The minimum Gasteiger partial charge on any atom is -0.381 e. The normalized spacial score (nSPS) is 36.8. The molecule has 4 heteroatoms. The lowest BCUT2D eigenvalue weighted by Gasteiger charge is -1.98. The van der Waals surface area contributed by atoms with Gasteiger partial charge in [-0.3, -0.25) is 4.79 Å². The molecule has 2 fully saturated rings. The van der Waals surface area contributed by atoms with Crippen LogP contribution in [0.25, 0.3) is 5.53 Å². The van der Waals surface area contributed by atoms with E-state index in [4.69, 9.17) is 10.3 Å². The van der Waals surface area contributed by atoms with Gasteiger partial charge in [0.2, 0.25) is 5.78 Å². The Morgan fingerprint density at radius 1 is 1.58 bits per heavy atom. The Bertz CT molecular complexity index is 248. The molecule has 1 heterocycles. The summed E-state index contributed by atoms with van der Waals surface area (Å²) in [6.45, 7) is 1.61. The van der Waals surface area contributed by atoms with E-state index in [9.17, 15) is 4.79 Å². The van der Waals surface area contributed by atoms with E-state index < -0.39 is 0 Å². The van der Waals surface area contributed by atoms with Crippen LogP contribution in [0, 0.1) is 17.8 Å². The molecule has 4 nitrogen and oxygen atoms in total. The molecule has 0 amide bonds. The van der Waals surface area contributed by atoms with Gasteiger partial charge in [-0.25, -0.2) is 0 Å². The summed E-state index contributed by atoms with van der Waals surface area (Å²) in [5.74, 6) is 1.60. The van der Waals surface area contributed by atoms with Crippen LogP contribution in [0.5, 0.6) is 0 Å². The molecular formula is C8H10N2O2. The maximum atomic E-state index is 11.0. The molecule has 0 N–H and O–H groups in total. The van der Waals surface area contributed by atoms with Crippen molar-refractivity contribution in [1.82, 2.24) is 0 Å². The summed E-state index contributed by atoms with van der Waals surface area (Å²) in [5.41, 5.74) is 8.10. The Balaban J connectivity index is 1.83. The van der Waals surface area contributed by atoms with Crippen LogP contribution in [-0.2, 0) is 9.53 Å². The summed E-state index contributed by atoms with van der Waals surface area (Å²) in [4.78, 5) is 13.7. The molecule has 0 aromatic carbocycles. The van der Waals surface area contributed by atoms with Crippen molar-refractivity contribution in [1.29, 1.82) is 0 Å². The van der Waals surface area contributed by atoms with Crippen molar-refractivity contribution in [3.05, 3.63) is 5.53 Å². The molecule has 3 atom stereocenters. The summed E-state index contributed by atoms with van der Waals surface area (Å²) >= 11 is 0. The monoisotopic (exact) mass is 166 g/mol. The highest BCUT2D eigenvalue weighted by molar-refractivity contribution is 6.25. The van der Waals surface area contributed by atoms with Crippen molar-refractivity contribution in [2.45, 2.75) is 6.42 Å². The first-order valence-electron chi connectivity index (χ1n) is 4.11. The van der Waals surface area contributed by atoms with E-state index in [-0.39, 0.29) is 5.78 Å². The molecule has 0 radical (unpaired) electrons. The van der Waals surface area contributed by atoms with Crippen molar-refractivity contribution in [2.75, 3.05) is 13.2 Å². The number of Topliss-reactive ketones (excluding diaryl/α,β-unsaturated/α-hetero) is 1. The predicted molar refractivity (Wildman–Crippen MR) is 40.6 cm³/mol. The summed E-state index contributed by atoms with van der Waals surface area (Å²) < 4.78 is 5.18. The minimum atomic E-state index is -0.0862. The number of carbonyl (C=O) groups is 1. The highest BCUT2D eigenvalue weighted by Gasteiger charge is 2.54. The third-order valence-electron chi connectivity index (χ3n) is 2.77. The van der Waals surface area contributed by atoms with Crippen LogP contribution in [0.3, 0.4) is 0 Å². The Labute approximate surface area is 70.1 Å². The number of hydrogen-bond donors (Lipinski definition) is 0. The van der Waals surface area contributed by atoms with Gasteiger partial charge in [-0.2, -0.15) is 4.79 Å². The maximum Gasteiger partial charge on any atom is 0.323 e. The van der Waals surface area contributed by atoms with Gasteiger partial charge in [0.05, 0.1) is 13.2 Å². The maximum absolute atomic E-state index is 11.0. The molecule has 1 aliphatic carbocycles. The molecule has 1 saturated carbocycles. The van der Waals surface area contributed by atoms with Gasteiger partial charge in [-0.15, -0.1) is 0 Å². The van der Waals surface area contributed by atoms with E-state index in [1.165, 1.54) is 0 Å². The van der Waals surface area contributed by atoms with Gasteiger partial charge < -0.3 is 10.3 Å². The van der Waals surface area contributed by atoms with Crippen LogP contribution >= 0.6 is 0 Å². The van der Waals surface area contributed by atoms with E-state index in [0.717, 1.165) is 19.4 Å². The molecule has 0 aromatic heterocycles. The molecule has 12 heavy (non-hydrogen) atoms. The second kappa shape index (κ2) is 2.81. The predicted octanol–water partition coefficient (Wildman–Crippen LogP) is 0.139. The standard InChI is InChI=1S/C8H10N2O2/c9-10-2-5(11)1-6-7-3-12-4-8(6)7/h2,6-8H,1,3-4H2/t6?,7-,8+. The van der Waals surface area contributed by atoms with Crippen molar-refractivity contribution >= 4 is 12.0 Å². The molecule has 1 aliphatic heterocycles. The first-order valence-corrected chi connectivity index (χ1v) is 4.11. The van der Waals surface area contributed by atoms with E-state index >= 15 is 0 Å². The Morgan fingerprint density at radius 3 is 2.83 bits per heavy atom. The quantitative estimate of drug-likeness (QED) is 0.340. The molecule has 0 aromatic rings. The van der Waals surface area contributed by atoms with Crippen LogP contribution in [0.2, 0.25) is 0 Å². The van der Waals surface area contributed by atoms with Gasteiger partial charge in [0.25, 0.3) is 0 Å². The fraction of sp³-hybridized carbons (Fsp3) is 0.750. The molecule has 1 unspecified atom stereocenters. The smallest absolute Gasteiger partial charge is 0.323 e. The molecule has 2 aliphatic rings. The number of hydrogen-bond acceptors (Lipinski definition) is 2. The highest BCUT2D eigenvalue weighted by atomic mass is 16.5. The lowest BCUT2D eigenvalue weighted by Crippen LogP contribution is -2.06. The lowest BCUT2D eigenvalue weighted by molar-refractivity contribution is -0.116. The number of carbonyl (C=O) groups excluding carboxylic acids is 1. The van der Waals surface area contributed by atoms with Crippen LogP contribution in [0.15, 0.2) is 0 Å². The summed E-state index contributed by atoms with van der Waals surface area (Å²) in [7, 11) is 0. The molecule has 0 bridgehead atoms. The topological polar surface area (TPSA) is 62.7 Å². The SMILES string of the molecule is [N-]=[N+]=CC(=O)CC1[C@H]2COC[C@@H]12. The number of ether oxygens (including phenoxy) is 1. The average Bonchev–Trinajstić information content (AvgIpc) is 2.51. The van der Waals surface area contributed by atoms with Crippen molar-refractivity contribution in [3.63, 3.8) is 0 Å². The van der Waals surface area contributed by atoms with Crippen molar-refractivity contribution in [3.8, 4) is 0 Å². The Morgan fingerprint density at radius 2 is 2.25 bits per heavy atom. The Hall–Kier alpha value is -0.990. The molecule has 1 saturated heterocycles. The van der Waals surface area contributed by atoms with E-state index in [2.05, 4.69) is 4.79 Å². The van der Waals surface area contributed by atoms with Crippen molar-refractivity contribution < 1.29 is 14.3 Å². The third-order valence-corrected chi connectivity index (χ3v) is 2.77. The number of fused-ring (bicyclic) bond motifs is 1. The van der Waals surface area contributed by atoms with E-state index in [0.29, 0.717) is 24.2 Å².